The summed E-state index contributed by atoms with van der Waals surface area (Å²) in [6.07, 6.45) is 3.00. The lowest BCUT2D eigenvalue weighted by atomic mass is 9.83. The van der Waals surface area contributed by atoms with E-state index >= 15 is 0 Å². The van der Waals surface area contributed by atoms with Gasteiger partial charge in [-0.1, -0.05) is 59.2 Å². The molecule has 0 aliphatic heterocycles. The predicted molar refractivity (Wildman–Crippen MR) is 141 cm³/mol. The molecule has 35 heavy (non-hydrogen) atoms. The summed E-state index contributed by atoms with van der Waals surface area (Å²) in [5.74, 6) is 1.21. The Kier molecular flexibility index (Phi) is 5.58. The van der Waals surface area contributed by atoms with Crippen molar-refractivity contribution in [1.29, 1.82) is 0 Å². The standard InChI is InChI=1S/C28H24ClN3O2S/c1-16-23(17(2)34-31-16)15-32-27-25(26(30-28(32)33)19-8-11-21(29)12-9-19)22-13-10-20(14-24(22)35-27)18-6-4-3-5-7-18/h3-9,11-12,20H,10,13-15H2,1-2H3. The Hall–Kier alpha value is -3.22. The van der Waals surface area contributed by atoms with Crippen LogP contribution in [0.5, 0.6) is 0 Å². The predicted octanol–water partition coefficient (Wildman–Crippen LogP) is 6.70. The van der Waals surface area contributed by atoms with Crippen molar-refractivity contribution in [2.45, 2.75) is 45.6 Å². The van der Waals surface area contributed by atoms with Gasteiger partial charge in [0.25, 0.3) is 0 Å². The van der Waals surface area contributed by atoms with Crippen LogP contribution in [-0.2, 0) is 19.4 Å². The number of halogens is 1. The fourth-order valence-electron chi connectivity index (χ4n) is 5.16. The van der Waals surface area contributed by atoms with Crippen LogP contribution in [0.15, 0.2) is 63.9 Å². The monoisotopic (exact) mass is 501 g/mol. The number of benzene rings is 2. The van der Waals surface area contributed by atoms with Gasteiger partial charge in [-0.2, -0.15) is 4.98 Å². The first-order valence-electron chi connectivity index (χ1n) is 11.8. The maximum absolute atomic E-state index is 13.4. The van der Waals surface area contributed by atoms with Gasteiger partial charge in [0.05, 0.1) is 17.9 Å². The molecule has 0 fully saturated rings. The van der Waals surface area contributed by atoms with Crippen LogP contribution in [-0.4, -0.2) is 14.7 Å². The molecule has 2 aromatic carbocycles. The zero-order chi connectivity index (χ0) is 24.1. The smallest absolute Gasteiger partial charge is 0.349 e. The second kappa shape index (κ2) is 8.77. The maximum atomic E-state index is 13.4. The van der Waals surface area contributed by atoms with E-state index in [4.69, 9.17) is 16.1 Å². The fraction of sp³-hybridized carbons (Fsp3) is 0.250. The Balaban J connectivity index is 1.55. The molecule has 176 valence electrons. The lowest BCUT2D eigenvalue weighted by molar-refractivity contribution is 0.392. The highest BCUT2D eigenvalue weighted by atomic mass is 35.5. The van der Waals surface area contributed by atoms with E-state index in [-0.39, 0.29) is 5.69 Å². The van der Waals surface area contributed by atoms with Crippen molar-refractivity contribution >= 4 is 33.2 Å². The second-order valence-electron chi connectivity index (χ2n) is 9.17. The van der Waals surface area contributed by atoms with E-state index in [0.29, 0.717) is 17.5 Å². The molecule has 0 saturated heterocycles. The summed E-state index contributed by atoms with van der Waals surface area (Å²) in [6.45, 7) is 4.19. The van der Waals surface area contributed by atoms with E-state index in [1.54, 1.807) is 15.9 Å². The molecular weight excluding hydrogens is 478 g/mol. The van der Waals surface area contributed by atoms with Crippen molar-refractivity contribution in [1.82, 2.24) is 14.7 Å². The zero-order valence-electron chi connectivity index (χ0n) is 19.5. The van der Waals surface area contributed by atoms with Crippen LogP contribution in [0.25, 0.3) is 21.5 Å². The van der Waals surface area contributed by atoms with E-state index in [0.717, 1.165) is 57.8 Å². The van der Waals surface area contributed by atoms with Gasteiger partial charge in [0, 0.05) is 26.4 Å². The molecule has 1 unspecified atom stereocenters. The van der Waals surface area contributed by atoms with Crippen LogP contribution < -0.4 is 5.69 Å². The van der Waals surface area contributed by atoms with Crippen molar-refractivity contribution in [3.8, 4) is 11.3 Å². The van der Waals surface area contributed by atoms with Gasteiger partial charge >= 0.3 is 5.69 Å². The number of aryl methyl sites for hydroxylation is 3. The van der Waals surface area contributed by atoms with E-state index < -0.39 is 0 Å². The van der Waals surface area contributed by atoms with Gasteiger partial charge in [0.2, 0.25) is 0 Å². The minimum absolute atomic E-state index is 0.263. The number of hydrogen-bond donors (Lipinski definition) is 0. The molecule has 1 aliphatic carbocycles. The quantitative estimate of drug-likeness (QED) is 0.275. The summed E-state index contributed by atoms with van der Waals surface area (Å²) in [7, 11) is 0. The van der Waals surface area contributed by atoms with Gasteiger partial charge in [-0.3, -0.25) is 4.57 Å². The Morgan fingerprint density at radius 3 is 2.60 bits per heavy atom. The molecule has 5 nitrogen and oxygen atoms in total. The molecule has 0 bridgehead atoms. The maximum Gasteiger partial charge on any atom is 0.349 e. The van der Waals surface area contributed by atoms with Crippen LogP contribution in [0.1, 0.15) is 45.4 Å². The molecule has 3 aromatic heterocycles. The number of nitrogens with zero attached hydrogens (tertiary/aromatic N) is 3. The Bertz CT molecular complexity index is 1580. The fourth-order valence-corrected chi connectivity index (χ4v) is 6.70. The number of thiophene rings is 1. The topological polar surface area (TPSA) is 60.9 Å². The van der Waals surface area contributed by atoms with Gasteiger partial charge in [-0.25, -0.2) is 4.79 Å². The van der Waals surface area contributed by atoms with Crippen molar-refractivity contribution in [2.75, 3.05) is 0 Å². The van der Waals surface area contributed by atoms with E-state index in [1.165, 1.54) is 16.0 Å². The summed E-state index contributed by atoms with van der Waals surface area (Å²) in [5, 5.41) is 5.83. The number of fused-ring (bicyclic) bond motifs is 3. The van der Waals surface area contributed by atoms with Crippen LogP contribution in [0.3, 0.4) is 0 Å². The van der Waals surface area contributed by atoms with Crippen LogP contribution in [0, 0.1) is 13.8 Å². The molecule has 1 aliphatic rings. The first kappa shape index (κ1) is 22.3. The summed E-state index contributed by atoms with van der Waals surface area (Å²) < 4.78 is 7.17. The van der Waals surface area contributed by atoms with Crippen molar-refractivity contribution < 1.29 is 4.52 Å². The summed E-state index contributed by atoms with van der Waals surface area (Å²) in [6, 6.07) is 18.3. The van der Waals surface area contributed by atoms with Crippen LogP contribution in [0.4, 0.5) is 0 Å². The molecule has 0 amide bonds. The molecule has 0 radical (unpaired) electrons. The highest BCUT2D eigenvalue weighted by Gasteiger charge is 2.28. The molecule has 1 atom stereocenters. The highest BCUT2D eigenvalue weighted by Crippen LogP contribution is 2.43. The molecule has 6 rings (SSSR count). The van der Waals surface area contributed by atoms with Crippen LogP contribution in [0.2, 0.25) is 5.02 Å². The van der Waals surface area contributed by atoms with Crippen molar-refractivity contribution in [3.63, 3.8) is 0 Å². The second-order valence-corrected chi connectivity index (χ2v) is 10.7. The normalized spacial score (nSPS) is 15.5. The minimum atomic E-state index is -0.263. The minimum Gasteiger partial charge on any atom is -0.361 e. The molecule has 3 heterocycles. The van der Waals surface area contributed by atoms with Crippen LogP contribution >= 0.6 is 22.9 Å². The molecule has 0 spiro atoms. The third-order valence-corrected chi connectivity index (χ3v) is 8.58. The zero-order valence-corrected chi connectivity index (χ0v) is 21.1. The van der Waals surface area contributed by atoms with E-state index in [9.17, 15) is 4.79 Å². The van der Waals surface area contributed by atoms with Crippen molar-refractivity contribution in [3.05, 3.63) is 103 Å². The number of rotatable bonds is 4. The Labute approximate surface area is 212 Å². The molecule has 0 saturated carbocycles. The van der Waals surface area contributed by atoms with E-state index in [2.05, 4.69) is 40.5 Å². The largest absolute Gasteiger partial charge is 0.361 e. The molecule has 7 heteroatoms. The van der Waals surface area contributed by atoms with Gasteiger partial charge in [0.1, 0.15) is 10.6 Å². The average molecular weight is 502 g/mol. The Morgan fingerprint density at radius 2 is 1.89 bits per heavy atom. The van der Waals surface area contributed by atoms with Gasteiger partial charge < -0.3 is 4.52 Å². The molecular formula is C28H24ClN3O2S. The SMILES string of the molecule is Cc1noc(C)c1Cn1c(=O)nc(-c2ccc(Cl)cc2)c2c3c(sc21)CC(c1ccccc1)CC3. The van der Waals surface area contributed by atoms with Gasteiger partial charge in [-0.05, 0) is 62.3 Å². The van der Waals surface area contributed by atoms with Gasteiger partial charge in [-0.15, -0.1) is 11.3 Å². The lowest BCUT2D eigenvalue weighted by Crippen LogP contribution is -2.24. The van der Waals surface area contributed by atoms with Crippen molar-refractivity contribution in [2.24, 2.45) is 0 Å². The third-order valence-electron chi connectivity index (χ3n) is 7.05. The first-order valence-corrected chi connectivity index (χ1v) is 13.0. The number of hydrogen-bond acceptors (Lipinski definition) is 5. The molecule has 5 aromatic rings. The summed E-state index contributed by atoms with van der Waals surface area (Å²) in [4.78, 5) is 20.4. The molecule has 0 N–H and O–H groups in total. The summed E-state index contributed by atoms with van der Waals surface area (Å²) >= 11 is 7.88. The highest BCUT2D eigenvalue weighted by molar-refractivity contribution is 7.19. The Morgan fingerprint density at radius 1 is 1.11 bits per heavy atom. The number of aromatic nitrogens is 3. The van der Waals surface area contributed by atoms with E-state index in [1.807, 2.05) is 38.1 Å². The summed E-state index contributed by atoms with van der Waals surface area (Å²) in [5.41, 5.74) is 5.82. The van der Waals surface area contributed by atoms with Gasteiger partial charge in [0.15, 0.2) is 0 Å². The third kappa shape index (κ3) is 3.91. The average Bonchev–Trinajstić information content (AvgIpc) is 3.41. The lowest BCUT2D eigenvalue weighted by Gasteiger charge is -2.22. The first-order chi connectivity index (χ1) is 17.0.